The molecule has 5 rings (SSSR count). The number of hydrogen-bond donors (Lipinski definition) is 0. The molecule has 5 aliphatic heterocycles. The van der Waals surface area contributed by atoms with Gasteiger partial charge in [0.15, 0.2) is 0 Å². The van der Waals surface area contributed by atoms with E-state index in [1.165, 1.54) is 38.8 Å². The molecule has 0 aliphatic carbocycles. The van der Waals surface area contributed by atoms with Crippen LogP contribution in [0.5, 0.6) is 0 Å². The molecule has 2 unspecified atom stereocenters. The van der Waals surface area contributed by atoms with Crippen molar-refractivity contribution in [2.75, 3.05) is 52.4 Å². The molecule has 0 spiro atoms. The molecule has 5 heterocycles. The van der Waals surface area contributed by atoms with Crippen LogP contribution in [-0.4, -0.2) is 95.9 Å². The van der Waals surface area contributed by atoms with Gasteiger partial charge in [0.2, 0.25) is 11.8 Å². The monoisotopic (exact) mass is 402 g/mol. The number of amides is 2. The Balaban J connectivity index is 1.12. The Morgan fingerprint density at radius 2 is 1.69 bits per heavy atom. The summed E-state index contributed by atoms with van der Waals surface area (Å²) in [6.45, 7) is 7.89. The van der Waals surface area contributed by atoms with Crippen molar-refractivity contribution >= 4 is 11.8 Å². The lowest BCUT2D eigenvalue weighted by molar-refractivity contribution is -0.147. The second-order valence-electron chi connectivity index (χ2n) is 10.3. The number of fused-ring (bicyclic) bond motifs is 4. The first kappa shape index (κ1) is 19.8. The van der Waals surface area contributed by atoms with Crippen molar-refractivity contribution in [3.8, 4) is 0 Å². The molecule has 0 aromatic carbocycles. The van der Waals surface area contributed by atoms with Gasteiger partial charge in [-0.25, -0.2) is 0 Å². The average molecular weight is 403 g/mol. The van der Waals surface area contributed by atoms with E-state index in [1.54, 1.807) is 0 Å². The summed E-state index contributed by atoms with van der Waals surface area (Å²) < 4.78 is 0. The molecule has 0 aromatic rings. The zero-order valence-electron chi connectivity index (χ0n) is 17.9. The number of piperidine rings is 5. The maximum atomic E-state index is 13.0. The van der Waals surface area contributed by atoms with E-state index in [2.05, 4.69) is 19.6 Å². The molecule has 0 radical (unpaired) electrons. The van der Waals surface area contributed by atoms with Crippen LogP contribution in [0.4, 0.5) is 0 Å². The van der Waals surface area contributed by atoms with Gasteiger partial charge >= 0.3 is 0 Å². The Morgan fingerprint density at radius 3 is 2.48 bits per heavy atom. The molecule has 5 aliphatic rings. The molecular weight excluding hydrogens is 364 g/mol. The van der Waals surface area contributed by atoms with Crippen LogP contribution < -0.4 is 0 Å². The van der Waals surface area contributed by atoms with Gasteiger partial charge in [0.25, 0.3) is 0 Å². The summed E-state index contributed by atoms with van der Waals surface area (Å²) in [7, 11) is 0. The Kier molecular flexibility index (Phi) is 5.83. The molecule has 5 fully saturated rings. The van der Waals surface area contributed by atoms with Crippen molar-refractivity contribution in [2.45, 2.75) is 69.9 Å². The van der Waals surface area contributed by atoms with Gasteiger partial charge < -0.3 is 14.7 Å². The number of rotatable bonds is 3. The number of nitrogens with zero attached hydrogens (tertiary/aromatic N) is 4. The highest BCUT2D eigenvalue weighted by atomic mass is 16.2. The van der Waals surface area contributed by atoms with E-state index in [4.69, 9.17) is 0 Å². The van der Waals surface area contributed by atoms with Gasteiger partial charge in [-0.2, -0.15) is 0 Å². The highest BCUT2D eigenvalue weighted by Crippen LogP contribution is 2.37. The summed E-state index contributed by atoms with van der Waals surface area (Å²) in [5.74, 6) is 1.84. The Hall–Kier alpha value is -1.14. The normalized spacial score (nSPS) is 34.9. The van der Waals surface area contributed by atoms with Crippen LogP contribution in [0, 0.1) is 11.8 Å². The Labute approximate surface area is 175 Å². The summed E-state index contributed by atoms with van der Waals surface area (Å²) in [6.07, 6.45) is 10.6. The lowest BCUT2D eigenvalue weighted by Crippen LogP contribution is -2.61. The molecule has 5 saturated heterocycles. The van der Waals surface area contributed by atoms with Crippen molar-refractivity contribution < 1.29 is 9.59 Å². The molecule has 6 heteroatoms. The van der Waals surface area contributed by atoms with Crippen LogP contribution in [0.15, 0.2) is 0 Å². The summed E-state index contributed by atoms with van der Waals surface area (Å²) in [6, 6.07) is 1.13. The first-order valence-electron chi connectivity index (χ1n) is 12.2. The van der Waals surface area contributed by atoms with E-state index in [1.807, 2.05) is 0 Å². The minimum atomic E-state index is 0.332. The minimum absolute atomic E-state index is 0.332. The smallest absolute Gasteiger partial charge is 0.236 e. The fraction of sp³-hybridized carbons (Fsp3) is 0.913. The van der Waals surface area contributed by atoms with Crippen LogP contribution in [0.2, 0.25) is 0 Å². The van der Waals surface area contributed by atoms with Crippen molar-refractivity contribution in [1.82, 2.24) is 19.6 Å². The van der Waals surface area contributed by atoms with Crippen LogP contribution in [-0.2, 0) is 9.59 Å². The second kappa shape index (κ2) is 8.54. The number of carbonyl (C=O) groups excluding carboxylic acids is 2. The molecule has 6 nitrogen and oxygen atoms in total. The molecule has 162 valence electrons. The fourth-order valence-corrected chi connectivity index (χ4v) is 6.90. The Bertz CT molecular complexity index is 612. The lowest BCUT2D eigenvalue weighted by Gasteiger charge is -2.52. The summed E-state index contributed by atoms with van der Waals surface area (Å²) in [5.41, 5.74) is 0. The van der Waals surface area contributed by atoms with E-state index in [9.17, 15) is 9.59 Å². The summed E-state index contributed by atoms with van der Waals surface area (Å²) >= 11 is 0. The molecule has 2 bridgehead atoms. The van der Waals surface area contributed by atoms with E-state index in [0.29, 0.717) is 42.3 Å². The van der Waals surface area contributed by atoms with E-state index in [-0.39, 0.29) is 0 Å². The van der Waals surface area contributed by atoms with Crippen molar-refractivity contribution in [2.24, 2.45) is 11.8 Å². The summed E-state index contributed by atoms with van der Waals surface area (Å²) in [5, 5.41) is 0. The van der Waals surface area contributed by atoms with Gasteiger partial charge in [0, 0.05) is 51.2 Å². The van der Waals surface area contributed by atoms with Gasteiger partial charge in [0.1, 0.15) is 0 Å². The average Bonchev–Trinajstić information content (AvgIpc) is 2.75. The molecule has 0 N–H and O–H groups in total. The minimum Gasteiger partial charge on any atom is -0.341 e. The number of hydrogen-bond acceptors (Lipinski definition) is 4. The number of carbonyl (C=O) groups is 2. The third-order valence-electron chi connectivity index (χ3n) is 8.34. The summed E-state index contributed by atoms with van der Waals surface area (Å²) in [4.78, 5) is 34.7. The van der Waals surface area contributed by atoms with Crippen molar-refractivity contribution in [3.63, 3.8) is 0 Å². The topological polar surface area (TPSA) is 47.1 Å². The maximum Gasteiger partial charge on any atom is 0.236 e. The first-order valence-corrected chi connectivity index (χ1v) is 12.2. The Morgan fingerprint density at radius 1 is 0.897 bits per heavy atom. The zero-order chi connectivity index (χ0) is 19.8. The highest BCUT2D eigenvalue weighted by Gasteiger charge is 2.44. The molecule has 29 heavy (non-hydrogen) atoms. The maximum absolute atomic E-state index is 13.0. The number of likely N-dealkylation sites (tertiary alicyclic amines) is 3. The first-order chi connectivity index (χ1) is 14.2. The van der Waals surface area contributed by atoms with Crippen molar-refractivity contribution in [1.29, 1.82) is 0 Å². The largest absolute Gasteiger partial charge is 0.341 e. The highest BCUT2D eigenvalue weighted by molar-refractivity contribution is 5.78. The van der Waals surface area contributed by atoms with Crippen LogP contribution >= 0.6 is 0 Å². The van der Waals surface area contributed by atoms with Gasteiger partial charge in [-0.3, -0.25) is 14.5 Å². The van der Waals surface area contributed by atoms with Crippen LogP contribution in [0.25, 0.3) is 0 Å². The third-order valence-corrected chi connectivity index (χ3v) is 8.34. The molecule has 0 aromatic heterocycles. The van der Waals surface area contributed by atoms with E-state index in [0.717, 1.165) is 64.8 Å². The van der Waals surface area contributed by atoms with Crippen LogP contribution in [0.1, 0.15) is 57.8 Å². The van der Waals surface area contributed by atoms with Crippen molar-refractivity contribution in [3.05, 3.63) is 0 Å². The zero-order valence-corrected chi connectivity index (χ0v) is 17.9. The molecular formula is C23H38N4O2. The van der Waals surface area contributed by atoms with E-state index >= 15 is 0 Å². The quantitative estimate of drug-likeness (QED) is 0.722. The van der Waals surface area contributed by atoms with Gasteiger partial charge in [-0.1, -0.05) is 6.42 Å². The third kappa shape index (κ3) is 4.20. The predicted octanol–water partition coefficient (Wildman–Crippen LogP) is 1.80. The predicted molar refractivity (Wildman–Crippen MR) is 112 cm³/mol. The van der Waals surface area contributed by atoms with Gasteiger partial charge in [0.05, 0.1) is 6.54 Å². The van der Waals surface area contributed by atoms with Crippen LogP contribution in [0.3, 0.4) is 0 Å². The van der Waals surface area contributed by atoms with E-state index < -0.39 is 0 Å². The standard InChI is InChI=1S/C23H38N4O2/c28-22-6-4-5-21-19-13-18(15-27(21)22)14-24(16-19)17-23(29)26-11-7-20(8-12-26)25-9-2-1-3-10-25/h18-21H,1-17H2/t18?,19?,21-/m1/s1. The SMILES string of the molecule is O=C(CN1CC2CC(C1)[C@H]1CCCC(=O)N1C2)N1CCC(N2CCCCC2)CC1. The van der Waals surface area contributed by atoms with Gasteiger partial charge in [-0.15, -0.1) is 0 Å². The lowest BCUT2D eigenvalue weighted by atomic mass is 9.76. The van der Waals surface area contributed by atoms with Gasteiger partial charge in [-0.05, 0) is 69.9 Å². The molecule has 0 saturated carbocycles. The molecule has 2 amide bonds. The fourth-order valence-electron chi connectivity index (χ4n) is 6.90. The molecule has 3 atom stereocenters. The second-order valence-corrected chi connectivity index (χ2v) is 10.3.